The molecule has 10 heteroatoms. The minimum atomic E-state index is -2.17. The molecule has 0 aliphatic rings. The van der Waals surface area contributed by atoms with Crippen LogP contribution in [0.25, 0.3) is 21.9 Å². The first kappa shape index (κ1) is 37.5. The summed E-state index contributed by atoms with van der Waals surface area (Å²) in [6, 6.07) is 15.4. The summed E-state index contributed by atoms with van der Waals surface area (Å²) in [5, 5.41) is 1.93. The van der Waals surface area contributed by atoms with Gasteiger partial charge in [-0.3, -0.25) is 0 Å². The van der Waals surface area contributed by atoms with Crippen molar-refractivity contribution in [1.29, 1.82) is 0 Å². The molecular weight excluding hydrogens is 667 g/mol. The molecule has 0 saturated heterocycles. The molecule has 0 radical (unpaired) electrons. The zero-order valence-electron chi connectivity index (χ0n) is 30.8. The fourth-order valence-electron chi connectivity index (χ4n) is 7.10. The molecule has 50 heavy (non-hydrogen) atoms. The van der Waals surface area contributed by atoms with E-state index in [9.17, 15) is 0 Å². The van der Waals surface area contributed by atoms with Crippen molar-refractivity contribution in [2.24, 2.45) is 0 Å². The van der Waals surface area contributed by atoms with Gasteiger partial charge in [-0.25, -0.2) is 9.37 Å². The Morgan fingerprint density at radius 1 is 0.920 bits per heavy atom. The van der Waals surface area contributed by atoms with E-state index in [1.165, 1.54) is 23.4 Å². The Morgan fingerprint density at radius 2 is 1.60 bits per heavy atom. The Balaban J connectivity index is 1.59. The highest BCUT2D eigenvalue weighted by Crippen LogP contribution is 2.41. The highest BCUT2D eigenvalue weighted by Gasteiger charge is 2.41. The number of aromatic nitrogens is 4. The lowest BCUT2D eigenvalue weighted by Crippen LogP contribution is -2.43. The molecule has 0 amide bonds. The van der Waals surface area contributed by atoms with E-state index in [0.717, 1.165) is 16.5 Å². The van der Waals surface area contributed by atoms with Crippen molar-refractivity contribution >= 4 is 41.8 Å². The highest BCUT2D eigenvalue weighted by atomic mass is 32.2. The van der Waals surface area contributed by atoms with Gasteiger partial charge < -0.3 is 14.0 Å². The minimum Gasteiger partial charge on any atom is -0.468 e. The molecule has 3 aromatic carbocycles. The third-order valence-electron chi connectivity index (χ3n) is 9.68. The maximum Gasteiger partial charge on any atom is 0.311 e. The molecule has 0 aliphatic carbocycles. The van der Waals surface area contributed by atoms with Gasteiger partial charge in [0.15, 0.2) is 12.4 Å². The number of hydrogen-bond donors (Lipinski definition) is 0. The molecule has 0 atom stereocenters. The van der Waals surface area contributed by atoms with E-state index < -0.39 is 14.2 Å². The lowest BCUT2D eigenvalue weighted by atomic mass is 9.87. The largest absolute Gasteiger partial charge is 0.468 e. The van der Waals surface area contributed by atoms with Crippen molar-refractivity contribution < 1.29 is 18.3 Å². The lowest BCUT2D eigenvalue weighted by Gasteiger charge is -2.38. The van der Waals surface area contributed by atoms with Crippen LogP contribution in [0, 0.1) is 23.4 Å². The lowest BCUT2D eigenvalue weighted by molar-refractivity contribution is 0.0512. The second-order valence-corrected chi connectivity index (χ2v) is 21.4. The molecule has 0 spiro atoms. The predicted molar refractivity (Wildman–Crippen MR) is 203 cm³/mol. The molecule has 6 nitrogen and oxygen atoms in total. The van der Waals surface area contributed by atoms with Crippen LogP contribution < -0.4 is 4.74 Å². The molecular formula is C40H48F2N4O2SSi. The predicted octanol–water partition coefficient (Wildman–Crippen LogP) is 10.4. The molecule has 264 valence electrons. The van der Waals surface area contributed by atoms with Crippen molar-refractivity contribution in [2.45, 2.75) is 102 Å². The van der Waals surface area contributed by atoms with E-state index >= 15 is 8.78 Å². The monoisotopic (exact) mass is 714 g/mol. The minimum absolute atomic E-state index is 0.0516. The van der Waals surface area contributed by atoms with E-state index in [2.05, 4.69) is 113 Å². The van der Waals surface area contributed by atoms with Crippen molar-refractivity contribution in [3.63, 3.8) is 0 Å². The first-order valence-corrected chi connectivity index (χ1v) is 20.4. The molecule has 0 unspecified atom stereocenters. The number of benzene rings is 3. The number of imidazole rings is 1. The average molecular weight is 715 g/mol. The number of hydrogen-bond acceptors (Lipinski definition) is 6. The van der Waals surface area contributed by atoms with Gasteiger partial charge in [-0.1, -0.05) is 110 Å². The van der Waals surface area contributed by atoms with Crippen LogP contribution in [0.4, 0.5) is 8.78 Å². The first-order valence-electron chi connectivity index (χ1n) is 17.2. The number of nitrogens with zero attached hydrogens (tertiary/aromatic N) is 4. The summed E-state index contributed by atoms with van der Waals surface area (Å²) < 4.78 is 43.7. The fourth-order valence-corrected chi connectivity index (χ4v) is 13.2. The van der Waals surface area contributed by atoms with Crippen LogP contribution in [0.3, 0.4) is 0 Å². The smallest absolute Gasteiger partial charge is 0.311 e. The van der Waals surface area contributed by atoms with Crippen LogP contribution in [0.5, 0.6) is 5.75 Å². The van der Waals surface area contributed by atoms with Crippen LogP contribution in [0.1, 0.15) is 84.6 Å². The number of rotatable bonds is 11. The maximum absolute atomic E-state index is 15.9. The Hall–Kier alpha value is -3.78. The van der Waals surface area contributed by atoms with Gasteiger partial charge in [0.25, 0.3) is 0 Å². The number of methoxy groups -OCH3 is 1. The first-order chi connectivity index (χ1) is 23.6. The summed E-state index contributed by atoms with van der Waals surface area (Å²) in [5.41, 5.74) is 9.25. The topological polar surface area (TPSA) is 62.1 Å². The Morgan fingerprint density at radius 3 is 2.22 bits per heavy atom. The van der Waals surface area contributed by atoms with Crippen molar-refractivity contribution in [3.8, 4) is 17.2 Å². The molecule has 0 bridgehead atoms. The van der Waals surface area contributed by atoms with Crippen LogP contribution in [0.2, 0.25) is 16.6 Å². The van der Waals surface area contributed by atoms with Crippen LogP contribution in [0.15, 0.2) is 59.9 Å². The number of thioether (sulfide) groups is 1. The molecule has 2 aromatic heterocycles. The van der Waals surface area contributed by atoms with E-state index in [1.54, 1.807) is 24.1 Å². The summed E-state index contributed by atoms with van der Waals surface area (Å²) in [4.78, 5) is 12.9. The van der Waals surface area contributed by atoms with Gasteiger partial charge in [0.2, 0.25) is 0 Å². The Bertz CT molecular complexity index is 2020. The standard InChI is InChI=1S/C40H48F2N4O2SSi/c1-25(2)50(26(3)4,27(5)6)18-17-33-34(41)16-13-29-19-32(48-24-47-10)20-30(35(29)33)21-46-23-43-36-37(46)44-39(42)45-38(36)49-22-28-11-14-31(15-12-28)40(7,8)9/h11-16,19-20,23,25-27H,21-22,24H2,1-10H3. The maximum atomic E-state index is 15.9. The third kappa shape index (κ3) is 7.75. The molecule has 2 heterocycles. The van der Waals surface area contributed by atoms with Gasteiger partial charge in [-0.2, -0.15) is 14.4 Å². The second-order valence-electron chi connectivity index (χ2n) is 14.9. The van der Waals surface area contributed by atoms with Crippen LogP contribution >= 0.6 is 11.8 Å². The quantitative estimate of drug-likeness (QED) is 0.0339. The number of ether oxygens (including phenoxy) is 2. The fraction of sp³-hybridized carbons (Fsp3) is 0.425. The van der Waals surface area contributed by atoms with Gasteiger partial charge in [0, 0.05) is 18.2 Å². The molecule has 0 N–H and O–H groups in total. The van der Waals surface area contributed by atoms with Crippen molar-refractivity contribution in [3.05, 3.63) is 89.0 Å². The van der Waals surface area contributed by atoms with E-state index in [4.69, 9.17) is 9.47 Å². The van der Waals surface area contributed by atoms with Gasteiger partial charge >= 0.3 is 6.08 Å². The SMILES string of the molecule is COCOc1cc(Cn2cnc3c(SCc4ccc(C(C)(C)C)cc4)nc(F)nc32)c2c(C#C[Si](C(C)C)(C(C)C)C(C)C)c(F)ccc2c1. The molecule has 5 aromatic rings. The Labute approximate surface area is 300 Å². The van der Waals surface area contributed by atoms with Crippen LogP contribution in [-0.2, 0) is 22.4 Å². The molecule has 0 aliphatic heterocycles. The number of halogens is 2. The van der Waals surface area contributed by atoms with Crippen LogP contribution in [-0.4, -0.2) is 41.5 Å². The van der Waals surface area contributed by atoms with Crippen molar-refractivity contribution in [2.75, 3.05) is 13.9 Å². The second kappa shape index (κ2) is 15.2. The van der Waals surface area contributed by atoms with Gasteiger partial charge in [-0.05, 0) is 62.3 Å². The van der Waals surface area contributed by atoms with E-state index in [0.29, 0.717) is 55.3 Å². The zero-order chi connectivity index (χ0) is 36.4. The summed E-state index contributed by atoms with van der Waals surface area (Å²) in [6.07, 6.45) is 0.802. The normalized spacial score (nSPS) is 12.4. The molecule has 5 rings (SSSR count). The summed E-state index contributed by atoms with van der Waals surface area (Å²) in [6.45, 7) is 20.3. The number of fused-ring (bicyclic) bond motifs is 2. The third-order valence-corrected chi connectivity index (χ3v) is 17.0. The van der Waals surface area contributed by atoms with Gasteiger partial charge in [0.05, 0.1) is 18.4 Å². The van der Waals surface area contributed by atoms with E-state index in [1.807, 2.05) is 12.1 Å². The summed E-state index contributed by atoms with van der Waals surface area (Å²) in [7, 11) is -0.611. The molecule has 0 saturated carbocycles. The highest BCUT2D eigenvalue weighted by molar-refractivity contribution is 7.98. The molecule has 0 fully saturated rings. The van der Waals surface area contributed by atoms with Gasteiger partial charge in [0.1, 0.15) is 30.2 Å². The summed E-state index contributed by atoms with van der Waals surface area (Å²) in [5.74, 6) is 4.16. The Kier molecular flexibility index (Phi) is 11.4. The zero-order valence-corrected chi connectivity index (χ0v) is 32.6. The van der Waals surface area contributed by atoms with Crippen molar-refractivity contribution in [1.82, 2.24) is 19.5 Å². The average Bonchev–Trinajstić information content (AvgIpc) is 3.45. The summed E-state index contributed by atoms with van der Waals surface area (Å²) >= 11 is 1.42. The van der Waals surface area contributed by atoms with E-state index in [-0.39, 0.29) is 24.6 Å². The van der Waals surface area contributed by atoms with Gasteiger partial charge in [-0.15, -0.1) is 5.54 Å².